The van der Waals surface area contributed by atoms with E-state index in [-0.39, 0.29) is 30.8 Å². The molecule has 0 radical (unpaired) electrons. The van der Waals surface area contributed by atoms with Crippen LogP contribution in [0.2, 0.25) is 10.0 Å². The molecule has 0 bridgehead atoms. The minimum Gasteiger partial charge on any atom is -0.484 e. The van der Waals surface area contributed by atoms with E-state index in [9.17, 15) is 14.0 Å². The summed E-state index contributed by atoms with van der Waals surface area (Å²) < 4.78 is 18.3. The quantitative estimate of drug-likeness (QED) is 0.699. The number of amides is 2. The van der Waals surface area contributed by atoms with Gasteiger partial charge in [0.05, 0.1) is 17.3 Å². The molecular formula is C19H19Cl2FN2O3. The Morgan fingerprint density at radius 1 is 1.15 bits per heavy atom. The lowest BCUT2D eigenvalue weighted by atomic mass is 10.3. The molecule has 5 nitrogen and oxygen atoms in total. The predicted molar refractivity (Wildman–Crippen MR) is 104 cm³/mol. The van der Waals surface area contributed by atoms with Crippen molar-refractivity contribution in [2.45, 2.75) is 13.3 Å². The monoisotopic (exact) mass is 412 g/mol. The molecule has 144 valence electrons. The van der Waals surface area contributed by atoms with Gasteiger partial charge >= 0.3 is 0 Å². The molecule has 0 heterocycles. The van der Waals surface area contributed by atoms with Gasteiger partial charge in [-0.3, -0.25) is 9.59 Å². The molecule has 2 amide bonds. The minimum atomic E-state index is -0.390. The van der Waals surface area contributed by atoms with Gasteiger partial charge in [-0.15, -0.1) is 0 Å². The second-order valence-corrected chi connectivity index (χ2v) is 6.57. The molecule has 0 aromatic heterocycles. The summed E-state index contributed by atoms with van der Waals surface area (Å²) in [5, 5.41) is 3.42. The van der Waals surface area contributed by atoms with E-state index < -0.39 is 0 Å². The lowest BCUT2D eigenvalue weighted by Gasteiger charge is -2.22. The number of hydrogen-bond donors (Lipinski definition) is 1. The number of carbonyl (C=O) groups is 2. The minimum absolute atomic E-state index is 0.140. The number of nitrogens with one attached hydrogen (secondary N) is 1. The van der Waals surface area contributed by atoms with Gasteiger partial charge in [0.25, 0.3) is 5.91 Å². The maximum atomic E-state index is 12.9. The van der Waals surface area contributed by atoms with E-state index in [4.69, 9.17) is 27.9 Å². The molecule has 8 heteroatoms. The predicted octanol–water partition coefficient (Wildman–Crippen LogP) is 4.39. The SMILES string of the molecule is CCCN(CC(=O)Nc1ccc(Cl)cc1Cl)C(=O)COc1ccc(F)cc1. The first-order valence-electron chi connectivity index (χ1n) is 8.30. The molecule has 27 heavy (non-hydrogen) atoms. The van der Waals surface area contributed by atoms with Crippen LogP contribution in [0.15, 0.2) is 42.5 Å². The van der Waals surface area contributed by atoms with Gasteiger partial charge in [0.2, 0.25) is 5.91 Å². The highest BCUT2D eigenvalue weighted by molar-refractivity contribution is 6.36. The van der Waals surface area contributed by atoms with Crippen LogP contribution in [0.3, 0.4) is 0 Å². The summed E-state index contributed by atoms with van der Waals surface area (Å²) >= 11 is 11.9. The summed E-state index contributed by atoms with van der Waals surface area (Å²) in [6.45, 7) is 1.90. The highest BCUT2D eigenvalue weighted by atomic mass is 35.5. The van der Waals surface area contributed by atoms with Crippen LogP contribution in [-0.2, 0) is 9.59 Å². The average Bonchev–Trinajstić information content (AvgIpc) is 2.63. The smallest absolute Gasteiger partial charge is 0.260 e. The summed E-state index contributed by atoms with van der Waals surface area (Å²) in [6.07, 6.45) is 0.678. The average molecular weight is 413 g/mol. The summed E-state index contributed by atoms with van der Waals surface area (Å²) in [6, 6.07) is 10.1. The van der Waals surface area contributed by atoms with Crippen molar-refractivity contribution in [2.24, 2.45) is 0 Å². The van der Waals surface area contributed by atoms with Crippen LogP contribution in [0, 0.1) is 5.82 Å². The van der Waals surface area contributed by atoms with E-state index in [0.29, 0.717) is 34.4 Å². The van der Waals surface area contributed by atoms with Gasteiger partial charge < -0.3 is 15.0 Å². The van der Waals surface area contributed by atoms with E-state index in [1.807, 2.05) is 6.92 Å². The second kappa shape index (κ2) is 10.1. The van der Waals surface area contributed by atoms with Crippen molar-refractivity contribution in [1.82, 2.24) is 4.90 Å². The van der Waals surface area contributed by atoms with Crippen LogP contribution in [0.1, 0.15) is 13.3 Å². The Balaban J connectivity index is 1.93. The Morgan fingerprint density at radius 3 is 2.48 bits per heavy atom. The maximum Gasteiger partial charge on any atom is 0.260 e. The fourth-order valence-electron chi connectivity index (χ4n) is 2.28. The Kier molecular flexibility index (Phi) is 7.88. The summed E-state index contributed by atoms with van der Waals surface area (Å²) in [5.41, 5.74) is 0.414. The number of nitrogens with zero attached hydrogens (tertiary/aromatic N) is 1. The number of halogens is 3. The van der Waals surface area contributed by atoms with Gasteiger partial charge in [0.1, 0.15) is 11.6 Å². The van der Waals surface area contributed by atoms with Crippen molar-refractivity contribution in [1.29, 1.82) is 0 Å². The van der Waals surface area contributed by atoms with Gasteiger partial charge in [0, 0.05) is 11.6 Å². The third-order valence-electron chi connectivity index (χ3n) is 3.56. The summed E-state index contributed by atoms with van der Waals surface area (Å²) in [4.78, 5) is 26.0. The van der Waals surface area contributed by atoms with Gasteiger partial charge in [-0.1, -0.05) is 30.1 Å². The Morgan fingerprint density at radius 2 is 1.85 bits per heavy atom. The van der Waals surface area contributed by atoms with Crippen molar-refractivity contribution in [3.05, 3.63) is 58.3 Å². The molecule has 0 unspecified atom stereocenters. The first-order chi connectivity index (χ1) is 12.9. The van der Waals surface area contributed by atoms with E-state index in [2.05, 4.69) is 5.32 Å². The zero-order chi connectivity index (χ0) is 19.8. The lowest BCUT2D eigenvalue weighted by Crippen LogP contribution is -2.41. The normalized spacial score (nSPS) is 10.4. The van der Waals surface area contributed by atoms with E-state index in [1.54, 1.807) is 12.1 Å². The topological polar surface area (TPSA) is 58.6 Å². The molecule has 0 aliphatic carbocycles. The maximum absolute atomic E-state index is 12.9. The zero-order valence-electron chi connectivity index (χ0n) is 14.7. The first kappa shape index (κ1) is 21.0. The number of ether oxygens (including phenoxy) is 1. The molecule has 0 saturated carbocycles. The van der Waals surface area contributed by atoms with Crippen LogP contribution in [0.25, 0.3) is 0 Å². The molecule has 0 atom stereocenters. The number of carbonyl (C=O) groups excluding carboxylic acids is 2. The van der Waals surface area contributed by atoms with Crippen molar-refractivity contribution in [3.8, 4) is 5.75 Å². The highest BCUT2D eigenvalue weighted by Crippen LogP contribution is 2.25. The molecule has 2 aromatic rings. The third-order valence-corrected chi connectivity index (χ3v) is 4.11. The fourth-order valence-corrected chi connectivity index (χ4v) is 2.74. The van der Waals surface area contributed by atoms with Crippen LogP contribution in [0.4, 0.5) is 10.1 Å². The van der Waals surface area contributed by atoms with Crippen LogP contribution in [-0.4, -0.2) is 36.4 Å². The van der Waals surface area contributed by atoms with Crippen molar-refractivity contribution in [2.75, 3.05) is 25.0 Å². The van der Waals surface area contributed by atoms with Gasteiger partial charge in [-0.25, -0.2) is 4.39 Å². The molecule has 1 N–H and O–H groups in total. The van der Waals surface area contributed by atoms with Gasteiger partial charge in [-0.2, -0.15) is 0 Å². The number of rotatable bonds is 8. The van der Waals surface area contributed by atoms with E-state index >= 15 is 0 Å². The lowest BCUT2D eigenvalue weighted by molar-refractivity contribution is -0.136. The summed E-state index contributed by atoms with van der Waals surface area (Å²) in [7, 11) is 0. The molecule has 0 spiro atoms. The third kappa shape index (κ3) is 6.73. The standard InChI is InChI=1S/C19H19Cl2FN2O3/c1-2-9-24(19(26)12-27-15-6-4-14(22)5-7-15)11-18(25)23-17-8-3-13(20)10-16(17)21/h3-8,10H,2,9,11-12H2,1H3,(H,23,25). The summed E-state index contributed by atoms with van der Waals surface area (Å²) in [5.74, 6) is -0.751. The molecule has 0 fully saturated rings. The number of hydrogen-bond acceptors (Lipinski definition) is 3. The largest absolute Gasteiger partial charge is 0.484 e. The Bertz CT molecular complexity index is 800. The molecule has 0 aliphatic heterocycles. The van der Waals surface area contributed by atoms with E-state index in [1.165, 1.54) is 35.2 Å². The Hall–Kier alpha value is -2.31. The fraction of sp³-hybridized carbons (Fsp3) is 0.263. The molecular weight excluding hydrogens is 394 g/mol. The number of benzene rings is 2. The van der Waals surface area contributed by atoms with Crippen molar-refractivity contribution >= 4 is 40.7 Å². The Labute approximate surface area is 167 Å². The molecule has 0 aliphatic rings. The number of anilines is 1. The first-order valence-corrected chi connectivity index (χ1v) is 9.05. The van der Waals surface area contributed by atoms with Gasteiger partial charge in [0.15, 0.2) is 6.61 Å². The van der Waals surface area contributed by atoms with Crippen molar-refractivity contribution in [3.63, 3.8) is 0 Å². The van der Waals surface area contributed by atoms with Crippen LogP contribution >= 0.6 is 23.2 Å². The molecule has 2 rings (SSSR count). The van der Waals surface area contributed by atoms with Crippen molar-refractivity contribution < 1.29 is 18.7 Å². The van der Waals surface area contributed by atoms with Gasteiger partial charge in [-0.05, 0) is 48.9 Å². The molecule has 0 saturated heterocycles. The van der Waals surface area contributed by atoms with Crippen LogP contribution < -0.4 is 10.1 Å². The van der Waals surface area contributed by atoms with E-state index in [0.717, 1.165) is 0 Å². The zero-order valence-corrected chi connectivity index (χ0v) is 16.2. The highest BCUT2D eigenvalue weighted by Gasteiger charge is 2.18. The molecule has 2 aromatic carbocycles. The second-order valence-electron chi connectivity index (χ2n) is 5.73. The van der Waals surface area contributed by atoms with Crippen LogP contribution in [0.5, 0.6) is 5.75 Å².